The molecule has 0 aliphatic heterocycles. The highest BCUT2D eigenvalue weighted by Crippen LogP contribution is 2.20. The average molecular weight is 315 g/mol. The van der Waals surface area contributed by atoms with Gasteiger partial charge in [0.1, 0.15) is 5.82 Å². The number of carbonyl (C=O) groups excluding carboxylic acids is 1. The van der Waals surface area contributed by atoms with Crippen LogP contribution in [0.2, 0.25) is 0 Å². The number of thioether (sulfide) groups is 1. The van der Waals surface area contributed by atoms with E-state index < -0.39 is 5.97 Å². The number of hydrogen-bond acceptors (Lipinski definition) is 5. The fourth-order valence-corrected chi connectivity index (χ4v) is 2.29. The Labute approximate surface area is 127 Å². The van der Waals surface area contributed by atoms with Crippen LogP contribution in [-0.4, -0.2) is 63.2 Å². The molecule has 21 heavy (non-hydrogen) atoms. The van der Waals surface area contributed by atoms with Gasteiger partial charge in [-0.05, 0) is 0 Å². The van der Waals surface area contributed by atoms with E-state index in [0.29, 0.717) is 18.2 Å². The summed E-state index contributed by atoms with van der Waals surface area (Å²) >= 11 is 1.13. The van der Waals surface area contributed by atoms with Gasteiger partial charge in [0.15, 0.2) is 5.16 Å². The molecular weight excluding hydrogens is 294 g/mol. The number of carboxylic acid groups (broad SMARTS) is 1. The third-order valence-corrected chi connectivity index (χ3v) is 3.56. The van der Waals surface area contributed by atoms with Crippen LogP contribution >= 0.6 is 11.8 Å². The number of rotatable bonds is 7. The molecule has 0 unspecified atom stereocenters. The van der Waals surface area contributed by atoms with Gasteiger partial charge in [0.2, 0.25) is 0 Å². The van der Waals surface area contributed by atoms with Crippen LogP contribution in [0, 0.1) is 0 Å². The molecule has 0 atom stereocenters. The molecule has 0 saturated heterocycles. The van der Waals surface area contributed by atoms with Crippen molar-refractivity contribution in [1.82, 2.24) is 25.0 Å². The fraction of sp³-hybridized carbons (Fsp3) is 0.667. The number of nitrogens with one attached hydrogen (secondary N) is 1. The summed E-state index contributed by atoms with van der Waals surface area (Å²) in [4.78, 5) is 23.6. The zero-order valence-corrected chi connectivity index (χ0v) is 13.5. The van der Waals surface area contributed by atoms with Crippen LogP contribution in [0.5, 0.6) is 0 Å². The van der Waals surface area contributed by atoms with Gasteiger partial charge in [0.25, 0.3) is 0 Å². The molecule has 118 valence electrons. The van der Waals surface area contributed by atoms with E-state index in [9.17, 15) is 9.59 Å². The quantitative estimate of drug-likeness (QED) is 0.724. The van der Waals surface area contributed by atoms with Gasteiger partial charge in [0.05, 0.1) is 5.75 Å². The van der Waals surface area contributed by atoms with Crippen molar-refractivity contribution in [2.24, 2.45) is 0 Å². The Kier molecular flexibility index (Phi) is 6.47. The number of amides is 2. The molecule has 1 rings (SSSR count). The van der Waals surface area contributed by atoms with Gasteiger partial charge >= 0.3 is 12.0 Å². The minimum absolute atomic E-state index is 0.0692. The predicted octanol–water partition coefficient (Wildman–Crippen LogP) is 0.849. The molecule has 9 heteroatoms. The smallest absolute Gasteiger partial charge is 0.316 e. The van der Waals surface area contributed by atoms with E-state index in [0.717, 1.165) is 17.6 Å². The molecule has 0 fully saturated rings. The van der Waals surface area contributed by atoms with Crippen LogP contribution in [0.15, 0.2) is 5.16 Å². The highest BCUT2D eigenvalue weighted by atomic mass is 32.2. The lowest BCUT2D eigenvalue weighted by molar-refractivity contribution is -0.133. The minimum Gasteiger partial charge on any atom is -0.481 e. The third kappa shape index (κ3) is 5.25. The minimum atomic E-state index is -0.901. The van der Waals surface area contributed by atoms with E-state index in [1.165, 1.54) is 4.90 Å². The average Bonchev–Trinajstić information content (AvgIpc) is 2.79. The summed E-state index contributed by atoms with van der Waals surface area (Å²) in [7, 11) is 3.34. The van der Waals surface area contributed by atoms with Gasteiger partial charge in [-0.3, -0.25) is 4.79 Å². The molecule has 0 bridgehead atoms. The van der Waals surface area contributed by atoms with Crippen LogP contribution in [0.1, 0.15) is 25.6 Å². The summed E-state index contributed by atoms with van der Waals surface area (Å²) in [5.41, 5.74) is 0. The first-order valence-electron chi connectivity index (χ1n) is 6.55. The molecule has 0 aliphatic carbocycles. The van der Waals surface area contributed by atoms with Gasteiger partial charge in [-0.25, -0.2) is 4.79 Å². The normalized spacial score (nSPS) is 10.7. The van der Waals surface area contributed by atoms with Crippen molar-refractivity contribution in [1.29, 1.82) is 0 Å². The number of carbonyl (C=O) groups is 2. The lowest BCUT2D eigenvalue weighted by Crippen LogP contribution is -2.36. The van der Waals surface area contributed by atoms with Crippen LogP contribution in [0.3, 0.4) is 0 Å². The van der Waals surface area contributed by atoms with Gasteiger partial charge in [-0.2, -0.15) is 0 Å². The summed E-state index contributed by atoms with van der Waals surface area (Å²) in [6, 6.07) is -0.172. The zero-order valence-electron chi connectivity index (χ0n) is 12.7. The van der Waals surface area contributed by atoms with Crippen LogP contribution < -0.4 is 5.32 Å². The summed E-state index contributed by atoms with van der Waals surface area (Å²) in [5, 5.41) is 20.2. The topological polar surface area (TPSA) is 100 Å². The summed E-state index contributed by atoms with van der Waals surface area (Å²) in [6.07, 6.45) is 0. The lowest BCUT2D eigenvalue weighted by Gasteiger charge is -2.14. The van der Waals surface area contributed by atoms with Crippen molar-refractivity contribution in [2.75, 3.05) is 26.4 Å². The van der Waals surface area contributed by atoms with Crippen molar-refractivity contribution in [3.8, 4) is 0 Å². The molecular formula is C12H21N5O3S. The first-order valence-corrected chi connectivity index (χ1v) is 7.54. The molecule has 0 aromatic carbocycles. The number of nitrogens with zero attached hydrogens (tertiary/aromatic N) is 4. The van der Waals surface area contributed by atoms with Crippen molar-refractivity contribution >= 4 is 23.8 Å². The third-order valence-electron chi connectivity index (χ3n) is 2.60. The molecule has 2 N–H and O–H groups in total. The van der Waals surface area contributed by atoms with E-state index in [1.54, 1.807) is 14.1 Å². The Morgan fingerprint density at radius 3 is 2.57 bits per heavy atom. The Morgan fingerprint density at radius 1 is 1.38 bits per heavy atom. The van der Waals surface area contributed by atoms with Gasteiger partial charge < -0.3 is 19.9 Å². The molecule has 0 saturated carbocycles. The maximum absolute atomic E-state index is 11.5. The van der Waals surface area contributed by atoms with Gasteiger partial charge in [-0.15, -0.1) is 10.2 Å². The van der Waals surface area contributed by atoms with Crippen molar-refractivity contribution < 1.29 is 14.7 Å². The number of hydrogen-bond donors (Lipinski definition) is 2. The zero-order chi connectivity index (χ0) is 16.0. The van der Waals surface area contributed by atoms with Crippen LogP contribution in [0.4, 0.5) is 4.79 Å². The number of aliphatic carboxylic acids is 1. The molecule has 1 heterocycles. The molecule has 1 aromatic heterocycles. The standard InChI is InChI=1S/C12H21N5O3S/c1-8(2)10-14-15-12(21-7-9(18)19)17(10)6-5-13-11(20)16(3)4/h8H,5-7H2,1-4H3,(H,13,20)(H,18,19). The first kappa shape index (κ1) is 17.3. The van der Waals surface area contributed by atoms with E-state index in [-0.39, 0.29) is 17.7 Å². The highest BCUT2D eigenvalue weighted by Gasteiger charge is 2.16. The molecule has 2 amide bonds. The lowest BCUT2D eigenvalue weighted by atomic mass is 10.2. The Balaban J connectivity index is 2.74. The first-order chi connectivity index (χ1) is 9.82. The molecule has 8 nitrogen and oxygen atoms in total. The summed E-state index contributed by atoms with van der Waals surface area (Å²) in [5.74, 6) is -0.0231. The highest BCUT2D eigenvalue weighted by molar-refractivity contribution is 7.99. The van der Waals surface area contributed by atoms with Crippen molar-refractivity contribution in [2.45, 2.75) is 31.5 Å². The maximum Gasteiger partial charge on any atom is 0.316 e. The second-order valence-electron chi connectivity index (χ2n) is 4.96. The number of urea groups is 1. The summed E-state index contributed by atoms with van der Waals surface area (Å²) in [6.45, 7) is 4.91. The second-order valence-corrected chi connectivity index (χ2v) is 5.90. The van der Waals surface area contributed by atoms with E-state index in [2.05, 4.69) is 15.5 Å². The largest absolute Gasteiger partial charge is 0.481 e. The van der Waals surface area contributed by atoms with E-state index >= 15 is 0 Å². The Hall–Kier alpha value is -1.77. The Morgan fingerprint density at radius 2 is 2.05 bits per heavy atom. The molecule has 1 aromatic rings. The fourth-order valence-electron chi connectivity index (χ4n) is 1.60. The van der Waals surface area contributed by atoms with Crippen molar-refractivity contribution in [3.63, 3.8) is 0 Å². The maximum atomic E-state index is 11.5. The molecule has 0 spiro atoms. The number of aromatic nitrogens is 3. The van der Waals surface area contributed by atoms with Crippen LogP contribution in [0.25, 0.3) is 0 Å². The molecule has 0 aliphatic rings. The number of carboxylic acids is 1. The summed E-state index contributed by atoms with van der Waals surface area (Å²) < 4.78 is 1.86. The van der Waals surface area contributed by atoms with E-state index in [1.807, 2.05) is 18.4 Å². The van der Waals surface area contributed by atoms with Gasteiger partial charge in [0, 0.05) is 33.1 Å². The Bertz CT molecular complexity index is 501. The van der Waals surface area contributed by atoms with E-state index in [4.69, 9.17) is 5.11 Å². The monoisotopic (exact) mass is 315 g/mol. The van der Waals surface area contributed by atoms with Gasteiger partial charge in [-0.1, -0.05) is 25.6 Å². The van der Waals surface area contributed by atoms with Crippen molar-refractivity contribution in [3.05, 3.63) is 5.82 Å². The predicted molar refractivity (Wildman–Crippen MR) is 79.6 cm³/mol. The molecule has 0 radical (unpaired) electrons. The second kappa shape index (κ2) is 7.87. The van der Waals surface area contributed by atoms with Crippen LogP contribution in [-0.2, 0) is 11.3 Å². The SMILES string of the molecule is CC(C)c1nnc(SCC(=O)O)n1CCNC(=O)N(C)C.